The van der Waals surface area contributed by atoms with E-state index in [0.29, 0.717) is 18.4 Å². The van der Waals surface area contributed by atoms with Gasteiger partial charge in [-0.1, -0.05) is 20.3 Å². The van der Waals surface area contributed by atoms with E-state index in [4.69, 9.17) is 20.9 Å². The SMILES string of the molecule is CC(C)COP(C)(=S)OC[C@@H]1CCCN2CCCC[C@H]12.Cl. The van der Waals surface area contributed by atoms with E-state index < -0.39 is 6.49 Å². The minimum atomic E-state index is -2.05. The highest BCUT2D eigenvalue weighted by Crippen LogP contribution is 2.46. The fourth-order valence-electron chi connectivity index (χ4n) is 3.32. The smallest absolute Gasteiger partial charge is 0.185 e. The van der Waals surface area contributed by atoms with Gasteiger partial charge in [0.25, 0.3) is 0 Å². The highest BCUT2D eigenvalue weighted by molar-refractivity contribution is 8.09. The summed E-state index contributed by atoms with van der Waals surface area (Å²) in [5.41, 5.74) is 0. The summed E-state index contributed by atoms with van der Waals surface area (Å²) in [5, 5.41) is 0. The molecule has 126 valence electrons. The van der Waals surface area contributed by atoms with E-state index in [1.807, 2.05) is 6.66 Å². The Morgan fingerprint density at radius 3 is 2.57 bits per heavy atom. The van der Waals surface area contributed by atoms with E-state index in [-0.39, 0.29) is 12.4 Å². The lowest BCUT2D eigenvalue weighted by molar-refractivity contribution is 0.0355. The van der Waals surface area contributed by atoms with Crippen molar-refractivity contribution < 1.29 is 9.05 Å². The third-order valence-electron chi connectivity index (χ3n) is 4.39. The molecule has 6 heteroatoms. The molecule has 0 aliphatic carbocycles. The molecule has 21 heavy (non-hydrogen) atoms. The van der Waals surface area contributed by atoms with Gasteiger partial charge in [0.1, 0.15) is 0 Å². The fourth-order valence-corrected chi connectivity index (χ4v) is 4.80. The molecule has 0 aromatic rings. The first-order valence-corrected chi connectivity index (χ1v) is 11.2. The van der Waals surface area contributed by atoms with Gasteiger partial charge in [-0.2, -0.15) is 0 Å². The zero-order valence-electron chi connectivity index (χ0n) is 13.6. The van der Waals surface area contributed by atoms with Crippen molar-refractivity contribution in [3.63, 3.8) is 0 Å². The molecule has 0 N–H and O–H groups in total. The van der Waals surface area contributed by atoms with Crippen LogP contribution in [0.1, 0.15) is 46.0 Å². The van der Waals surface area contributed by atoms with E-state index in [9.17, 15) is 0 Å². The van der Waals surface area contributed by atoms with E-state index in [1.54, 1.807) is 0 Å². The Hall–Kier alpha value is 0.820. The van der Waals surface area contributed by atoms with Gasteiger partial charge >= 0.3 is 0 Å². The van der Waals surface area contributed by atoms with Crippen LogP contribution in [-0.4, -0.2) is 43.9 Å². The second kappa shape index (κ2) is 9.20. The minimum Gasteiger partial charge on any atom is -0.329 e. The lowest BCUT2D eigenvalue weighted by Gasteiger charge is -2.44. The van der Waals surface area contributed by atoms with Gasteiger partial charge in [0.15, 0.2) is 6.49 Å². The molecule has 2 saturated heterocycles. The van der Waals surface area contributed by atoms with Crippen molar-refractivity contribution in [3.8, 4) is 0 Å². The van der Waals surface area contributed by atoms with Gasteiger partial charge in [-0.05, 0) is 62.4 Å². The Morgan fingerprint density at radius 2 is 1.86 bits per heavy atom. The largest absolute Gasteiger partial charge is 0.329 e. The molecule has 2 heterocycles. The molecule has 2 rings (SSSR count). The van der Waals surface area contributed by atoms with Crippen LogP contribution in [0, 0.1) is 11.8 Å². The van der Waals surface area contributed by atoms with Crippen LogP contribution in [0.15, 0.2) is 0 Å². The van der Waals surface area contributed by atoms with Gasteiger partial charge in [-0.3, -0.25) is 0 Å². The molecule has 1 unspecified atom stereocenters. The van der Waals surface area contributed by atoms with Crippen molar-refractivity contribution in [2.45, 2.75) is 52.0 Å². The molecule has 2 aliphatic rings. The Labute approximate surface area is 141 Å². The van der Waals surface area contributed by atoms with Gasteiger partial charge < -0.3 is 13.9 Å². The molecule has 3 atom stereocenters. The predicted molar refractivity (Wildman–Crippen MR) is 96.1 cm³/mol. The molecule has 2 aliphatic heterocycles. The van der Waals surface area contributed by atoms with Gasteiger partial charge in [-0.15, -0.1) is 12.4 Å². The van der Waals surface area contributed by atoms with Crippen molar-refractivity contribution in [1.29, 1.82) is 0 Å². The van der Waals surface area contributed by atoms with E-state index in [1.165, 1.54) is 45.2 Å². The van der Waals surface area contributed by atoms with Crippen molar-refractivity contribution in [2.75, 3.05) is 33.0 Å². The summed E-state index contributed by atoms with van der Waals surface area (Å²) >= 11 is 5.53. The number of piperidine rings is 2. The number of hydrogen-bond donors (Lipinski definition) is 0. The maximum atomic E-state index is 6.05. The minimum absolute atomic E-state index is 0. The second-order valence-electron chi connectivity index (χ2n) is 6.76. The molecular weight excluding hydrogens is 325 g/mol. The lowest BCUT2D eigenvalue weighted by atomic mass is 9.84. The lowest BCUT2D eigenvalue weighted by Crippen LogP contribution is -2.49. The maximum absolute atomic E-state index is 6.05. The second-order valence-corrected chi connectivity index (χ2v) is 10.8. The van der Waals surface area contributed by atoms with Crippen LogP contribution in [0.3, 0.4) is 0 Å². The number of halogens is 1. The van der Waals surface area contributed by atoms with Gasteiger partial charge in [0.05, 0.1) is 13.2 Å². The molecule has 0 amide bonds. The number of nitrogens with zero attached hydrogens (tertiary/aromatic N) is 1. The first-order valence-electron chi connectivity index (χ1n) is 8.08. The van der Waals surface area contributed by atoms with Crippen LogP contribution in [0.4, 0.5) is 0 Å². The Morgan fingerprint density at radius 1 is 1.14 bits per heavy atom. The zero-order valence-corrected chi connectivity index (χ0v) is 16.2. The molecule has 0 bridgehead atoms. The topological polar surface area (TPSA) is 21.7 Å². The van der Waals surface area contributed by atoms with Crippen molar-refractivity contribution in [3.05, 3.63) is 0 Å². The van der Waals surface area contributed by atoms with Gasteiger partial charge in [0, 0.05) is 12.7 Å². The Balaban J connectivity index is 0.00000220. The van der Waals surface area contributed by atoms with Crippen LogP contribution in [-0.2, 0) is 20.9 Å². The summed E-state index contributed by atoms with van der Waals surface area (Å²) in [6, 6.07) is 0.734. The standard InChI is InChI=1S/C15H30NO2PS.ClH/c1-13(2)11-17-19(3,20)18-12-14-7-6-10-16-9-5-4-8-15(14)16;/h13-15H,4-12H2,1-3H3;1H/t14-,15+,19?;/m0./s1. The van der Waals surface area contributed by atoms with E-state index in [0.717, 1.165) is 12.6 Å². The van der Waals surface area contributed by atoms with Crippen molar-refractivity contribution in [2.24, 2.45) is 11.8 Å². The molecule has 2 fully saturated rings. The maximum Gasteiger partial charge on any atom is 0.185 e. The van der Waals surface area contributed by atoms with Gasteiger partial charge in [0.2, 0.25) is 0 Å². The van der Waals surface area contributed by atoms with E-state index >= 15 is 0 Å². The number of fused-ring (bicyclic) bond motifs is 1. The zero-order chi connectivity index (χ0) is 14.6. The quantitative estimate of drug-likeness (QED) is 0.662. The van der Waals surface area contributed by atoms with Crippen LogP contribution >= 0.6 is 18.9 Å². The average Bonchev–Trinajstić information content (AvgIpc) is 2.43. The third kappa shape index (κ3) is 6.45. The highest BCUT2D eigenvalue weighted by Gasteiger charge is 2.33. The van der Waals surface area contributed by atoms with E-state index in [2.05, 4.69) is 18.7 Å². The van der Waals surface area contributed by atoms with Crippen molar-refractivity contribution in [1.82, 2.24) is 4.90 Å². The Kier molecular flexibility index (Phi) is 8.70. The summed E-state index contributed by atoms with van der Waals surface area (Å²) < 4.78 is 11.9. The van der Waals surface area contributed by atoms with Crippen LogP contribution < -0.4 is 0 Å². The molecule has 3 nitrogen and oxygen atoms in total. The molecule has 0 saturated carbocycles. The summed E-state index contributed by atoms with van der Waals surface area (Å²) in [7, 11) is 0. The summed E-state index contributed by atoms with van der Waals surface area (Å²) in [6.07, 6.45) is 6.69. The summed E-state index contributed by atoms with van der Waals surface area (Å²) in [5.74, 6) is 1.18. The molecule has 0 spiro atoms. The first kappa shape index (κ1) is 19.9. The highest BCUT2D eigenvalue weighted by atomic mass is 35.5. The van der Waals surface area contributed by atoms with Crippen LogP contribution in [0.5, 0.6) is 0 Å². The molecule has 0 aromatic heterocycles. The van der Waals surface area contributed by atoms with Crippen LogP contribution in [0.2, 0.25) is 0 Å². The fraction of sp³-hybridized carbons (Fsp3) is 1.00. The Bertz CT molecular complexity index is 355. The van der Waals surface area contributed by atoms with Crippen molar-refractivity contribution >= 4 is 30.7 Å². The van der Waals surface area contributed by atoms with Gasteiger partial charge in [-0.25, -0.2) is 0 Å². The van der Waals surface area contributed by atoms with Crippen LogP contribution in [0.25, 0.3) is 0 Å². The summed E-state index contributed by atoms with van der Waals surface area (Å²) in [4.78, 5) is 2.68. The molecule has 0 radical (unpaired) electrons. The normalized spacial score (nSPS) is 29.5. The number of rotatable bonds is 6. The monoisotopic (exact) mass is 355 g/mol. The predicted octanol–water partition coefficient (Wildman–Crippen LogP) is 4.30. The number of hydrogen-bond acceptors (Lipinski definition) is 4. The third-order valence-corrected chi connectivity index (χ3v) is 6.26. The first-order chi connectivity index (χ1) is 9.48. The molecular formula is C15H31ClNO2PS. The average molecular weight is 356 g/mol. The summed E-state index contributed by atoms with van der Waals surface area (Å²) in [6.45, 7) is 8.31. The molecule has 0 aromatic carbocycles.